The van der Waals surface area contributed by atoms with Crippen LogP contribution in [0.25, 0.3) is 22.1 Å². The van der Waals surface area contributed by atoms with Crippen LogP contribution in [0.4, 0.5) is 5.95 Å². The standard InChI is InChI=1S/C18H14N6OS/c19-18-22-16(14-8-4-5-9-20-14)23-24(18)15(25)10-13-11-26-17(21-13)12-6-2-1-3-7-12/h1-9,11H,10H2,(H2,19,22,23). The molecule has 0 atom stereocenters. The third-order valence-electron chi connectivity index (χ3n) is 3.67. The Kier molecular flexibility index (Phi) is 4.24. The quantitative estimate of drug-likeness (QED) is 0.599. The van der Waals surface area contributed by atoms with Gasteiger partial charge in [0.05, 0.1) is 12.1 Å². The van der Waals surface area contributed by atoms with Crippen molar-refractivity contribution in [1.82, 2.24) is 24.7 Å². The predicted octanol–water partition coefficient (Wildman–Crippen LogP) is 2.93. The Morgan fingerprint density at radius 1 is 1.08 bits per heavy atom. The minimum Gasteiger partial charge on any atom is -0.368 e. The van der Waals surface area contributed by atoms with Crippen LogP contribution in [0.5, 0.6) is 0 Å². The largest absolute Gasteiger partial charge is 0.368 e. The van der Waals surface area contributed by atoms with Gasteiger partial charge in [0.2, 0.25) is 11.8 Å². The van der Waals surface area contributed by atoms with Gasteiger partial charge in [0, 0.05) is 17.1 Å². The summed E-state index contributed by atoms with van der Waals surface area (Å²) in [5.41, 5.74) is 8.11. The highest BCUT2D eigenvalue weighted by Gasteiger charge is 2.17. The topological polar surface area (TPSA) is 99.6 Å². The predicted molar refractivity (Wildman–Crippen MR) is 99.5 cm³/mol. The third-order valence-corrected chi connectivity index (χ3v) is 4.61. The minimum absolute atomic E-state index is 0.0363. The average Bonchev–Trinajstić information content (AvgIpc) is 3.30. The molecule has 0 fully saturated rings. The highest BCUT2D eigenvalue weighted by atomic mass is 32.1. The molecule has 4 aromatic rings. The van der Waals surface area contributed by atoms with Crippen LogP contribution >= 0.6 is 11.3 Å². The van der Waals surface area contributed by atoms with E-state index in [0.717, 1.165) is 15.3 Å². The van der Waals surface area contributed by atoms with E-state index in [1.165, 1.54) is 11.3 Å². The maximum atomic E-state index is 12.6. The zero-order valence-corrected chi connectivity index (χ0v) is 14.4. The normalized spacial score (nSPS) is 10.8. The lowest BCUT2D eigenvalue weighted by molar-refractivity contribution is 0.0900. The van der Waals surface area contributed by atoms with Crippen molar-refractivity contribution in [2.24, 2.45) is 0 Å². The smallest absolute Gasteiger partial charge is 0.256 e. The van der Waals surface area contributed by atoms with Gasteiger partial charge < -0.3 is 5.73 Å². The Bertz CT molecular complexity index is 1040. The molecule has 128 valence electrons. The molecule has 0 amide bonds. The zero-order chi connectivity index (χ0) is 17.9. The van der Waals surface area contributed by atoms with Crippen molar-refractivity contribution in [3.8, 4) is 22.1 Å². The first-order valence-corrected chi connectivity index (χ1v) is 8.75. The second-order valence-corrected chi connectivity index (χ2v) is 6.36. The number of rotatable bonds is 4. The number of hydrogen-bond donors (Lipinski definition) is 1. The number of anilines is 1. The first-order chi connectivity index (χ1) is 12.7. The number of carbonyl (C=O) groups excluding carboxylic acids is 1. The summed E-state index contributed by atoms with van der Waals surface area (Å²) in [5.74, 6) is 0.0657. The lowest BCUT2D eigenvalue weighted by Crippen LogP contribution is -2.17. The van der Waals surface area contributed by atoms with Gasteiger partial charge in [-0.2, -0.15) is 9.67 Å². The van der Waals surface area contributed by atoms with Crippen molar-refractivity contribution in [3.63, 3.8) is 0 Å². The lowest BCUT2D eigenvalue weighted by atomic mass is 10.2. The molecule has 0 saturated heterocycles. The van der Waals surface area contributed by atoms with E-state index >= 15 is 0 Å². The van der Waals surface area contributed by atoms with E-state index in [1.54, 1.807) is 18.3 Å². The number of pyridine rings is 1. The molecule has 2 N–H and O–H groups in total. The van der Waals surface area contributed by atoms with Gasteiger partial charge in [0.15, 0.2) is 0 Å². The zero-order valence-electron chi connectivity index (χ0n) is 13.6. The van der Waals surface area contributed by atoms with Crippen LogP contribution in [0.2, 0.25) is 0 Å². The van der Waals surface area contributed by atoms with Crippen molar-refractivity contribution < 1.29 is 4.79 Å². The summed E-state index contributed by atoms with van der Waals surface area (Å²) in [6.45, 7) is 0. The summed E-state index contributed by atoms with van der Waals surface area (Å²) >= 11 is 1.50. The van der Waals surface area contributed by atoms with Gasteiger partial charge in [-0.05, 0) is 12.1 Å². The SMILES string of the molecule is Nc1nc(-c2ccccn2)nn1C(=O)Cc1csc(-c2ccccc2)n1. The van der Waals surface area contributed by atoms with E-state index in [1.807, 2.05) is 41.8 Å². The molecule has 7 nitrogen and oxygen atoms in total. The summed E-state index contributed by atoms with van der Waals surface area (Å²) < 4.78 is 1.10. The Labute approximate surface area is 153 Å². The van der Waals surface area contributed by atoms with Crippen LogP contribution in [0.1, 0.15) is 10.5 Å². The van der Waals surface area contributed by atoms with E-state index < -0.39 is 0 Å². The van der Waals surface area contributed by atoms with Crippen molar-refractivity contribution in [2.45, 2.75) is 6.42 Å². The Morgan fingerprint density at radius 2 is 1.88 bits per heavy atom. The molecule has 0 radical (unpaired) electrons. The monoisotopic (exact) mass is 362 g/mol. The van der Waals surface area contributed by atoms with Crippen LogP contribution in [-0.2, 0) is 6.42 Å². The number of hydrogen-bond acceptors (Lipinski definition) is 7. The van der Waals surface area contributed by atoms with Gasteiger partial charge in [-0.1, -0.05) is 36.4 Å². The van der Waals surface area contributed by atoms with Crippen LogP contribution < -0.4 is 5.73 Å². The van der Waals surface area contributed by atoms with Crippen LogP contribution in [0.15, 0.2) is 60.1 Å². The molecule has 3 aromatic heterocycles. The number of benzene rings is 1. The van der Waals surface area contributed by atoms with E-state index in [2.05, 4.69) is 20.1 Å². The summed E-state index contributed by atoms with van der Waals surface area (Å²) in [6.07, 6.45) is 1.73. The number of thiazole rings is 1. The van der Waals surface area contributed by atoms with Crippen molar-refractivity contribution in [1.29, 1.82) is 0 Å². The molecule has 0 unspecified atom stereocenters. The number of nitrogens with two attached hydrogens (primary N) is 1. The van der Waals surface area contributed by atoms with Crippen LogP contribution in [0, 0.1) is 0 Å². The van der Waals surface area contributed by atoms with E-state index in [4.69, 9.17) is 5.73 Å². The van der Waals surface area contributed by atoms with Gasteiger partial charge >= 0.3 is 0 Å². The molecule has 1 aromatic carbocycles. The second kappa shape index (κ2) is 6.85. The fraction of sp³-hybridized carbons (Fsp3) is 0.0556. The Hall–Kier alpha value is -3.39. The number of carbonyl (C=O) groups is 1. The number of aromatic nitrogens is 5. The second-order valence-electron chi connectivity index (χ2n) is 5.50. The molecular formula is C18H14N6OS. The van der Waals surface area contributed by atoms with E-state index in [0.29, 0.717) is 17.2 Å². The number of nitrogen functional groups attached to an aromatic ring is 1. The van der Waals surface area contributed by atoms with E-state index in [9.17, 15) is 4.79 Å². The molecular weight excluding hydrogens is 348 g/mol. The van der Waals surface area contributed by atoms with Crippen molar-refractivity contribution in [2.75, 3.05) is 5.73 Å². The molecule has 4 rings (SSSR count). The van der Waals surface area contributed by atoms with Gasteiger partial charge in [-0.3, -0.25) is 9.78 Å². The summed E-state index contributed by atoms with van der Waals surface area (Å²) in [7, 11) is 0. The van der Waals surface area contributed by atoms with Crippen LogP contribution in [0.3, 0.4) is 0 Å². The number of nitrogens with zero attached hydrogens (tertiary/aromatic N) is 5. The maximum Gasteiger partial charge on any atom is 0.256 e. The molecule has 8 heteroatoms. The molecule has 0 aliphatic rings. The Morgan fingerprint density at radius 3 is 2.65 bits per heavy atom. The molecule has 0 aliphatic carbocycles. The summed E-state index contributed by atoms with van der Waals surface area (Å²) in [6, 6.07) is 15.2. The van der Waals surface area contributed by atoms with Crippen LogP contribution in [-0.4, -0.2) is 30.6 Å². The Balaban J connectivity index is 1.54. The molecule has 3 heterocycles. The fourth-order valence-electron chi connectivity index (χ4n) is 2.44. The first kappa shape index (κ1) is 16.1. The molecule has 0 bridgehead atoms. The van der Waals surface area contributed by atoms with Crippen molar-refractivity contribution in [3.05, 3.63) is 65.8 Å². The van der Waals surface area contributed by atoms with Crippen molar-refractivity contribution >= 4 is 23.2 Å². The first-order valence-electron chi connectivity index (χ1n) is 7.87. The molecule has 0 spiro atoms. The summed E-state index contributed by atoms with van der Waals surface area (Å²) in [4.78, 5) is 25.4. The maximum absolute atomic E-state index is 12.6. The minimum atomic E-state index is -0.290. The van der Waals surface area contributed by atoms with E-state index in [-0.39, 0.29) is 18.3 Å². The van der Waals surface area contributed by atoms with Gasteiger partial charge in [-0.15, -0.1) is 16.4 Å². The average molecular weight is 362 g/mol. The van der Waals surface area contributed by atoms with Gasteiger partial charge in [0.1, 0.15) is 10.7 Å². The molecule has 0 saturated carbocycles. The highest BCUT2D eigenvalue weighted by Crippen LogP contribution is 2.23. The van der Waals surface area contributed by atoms with Gasteiger partial charge in [-0.25, -0.2) is 4.98 Å². The molecule has 26 heavy (non-hydrogen) atoms. The fourth-order valence-corrected chi connectivity index (χ4v) is 3.27. The van der Waals surface area contributed by atoms with Gasteiger partial charge in [0.25, 0.3) is 5.91 Å². The lowest BCUT2D eigenvalue weighted by Gasteiger charge is -1.99. The third kappa shape index (κ3) is 3.22. The molecule has 0 aliphatic heterocycles. The highest BCUT2D eigenvalue weighted by molar-refractivity contribution is 7.13. The summed E-state index contributed by atoms with van der Waals surface area (Å²) in [5, 5.41) is 6.92.